The zero-order chi connectivity index (χ0) is 16.8. The summed E-state index contributed by atoms with van der Waals surface area (Å²) in [7, 11) is 0. The summed E-state index contributed by atoms with van der Waals surface area (Å²) >= 11 is 11.7. The first kappa shape index (κ1) is 18.1. The van der Waals surface area contributed by atoms with Crippen LogP contribution in [0.4, 0.5) is 0 Å². The molecule has 0 aliphatic heterocycles. The van der Waals surface area contributed by atoms with Gasteiger partial charge < -0.3 is 10.1 Å². The first-order valence-electron chi connectivity index (χ1n) is 7.90. The number of carbonyl (C=O) groups is 2. The molecule has 0 unspecified atom stereocenters. The van der Waals surface area contributed by atoms with Gasteiger partial charge in [0.15, 0.2) is 6.10 Å². The maximum absolute atomic E-state index is 12.1. The van der Waals surface area contributed by atoms with Gasteiger partial charge in [0, 0.05) is 16.6 Å². The van der Waals surface area contributed by atoms with Crippen LogP contribution >= 0.6 is 23.2 Å². The Morgan fingerprint density at radius 3 is 2.39 bits per heavy atom. The van der Waals surface area contributed by atoms with E-state index in [1.807, 2.05) is 0 Å². The van der Waals surface area contributed by atoms with Crippen molar-refractivity contribution in [3.8, 4) is 0 Å². The van der Waals surface area contributed by atoms with Crippen molar-refractivity contribution in [3.05, 3.63) is 33.8 Å². The Hall–Kier alpha value is -1.26. The van der Waals surface area contributed by atoms with Crippen LogP contribution in [0, 0.1) is 5.92 Å². The quantitative estimate of drug-likeness (QED) is 0.802. The molecule has 6 heteroatoms. The van der Waals surface area contributed by atoms with Gasteiger partial charge in [0.1, 0.15) is 0 Å². The van der Waals surface area contributed by atoms with E-state index in [-0.39, 0.29) is 11.5 Å². The zero-order valence-corrected chi connectivity index (χ0v) is 14.6. The van der Waals surface area contributed by atoms with E-state index in [1.165, 1.54) is 37.5 Å². The summed E-state index contributed by atoms with van der Waals surface area (Å²) in [6.45, 7) is 2.20. The Morgan fingerprint density at radius 2 is 1.78 bits per heavy atom. The van der Waals surface area contributed by atoms with Gasteiger partial charge in [-0.2, -0.15) is 0 Å². The lowest BCUT2D eigenvalue weighted by Crippen LogP contribution is -2.38. The molecule has 1 aromatic carbocycles. The van der Waals surface area contributed by atoms with Crippen molar-refractivity contribution in [2.75, 3.05) is 6.54 Å². The monoisotopic (exact) mass is 357 g/mol. The van der Waals surface area contributed by atoms with E-state index in [0.717, 1.165) is 12.8 Å². The molecule has 1 saturated carbocycles. The average molecular weight is 358 g/mol. The molecule has 0 spiro atoms. The SMILES string of the molecule is C[C@@H](OC(=O)c1cc(Cl)cc(Cl)c1)C(=O)NCC1CCCCC1. The van der Waals surface area contributed by atoms with E-state index < -0.39 is 12.1 Å². The minimum Gasteiger partial charge on any atom is -0.449 e. The first-order chi connectivity index (χ1) is 11.0. The van der Waals surface area contributed by atoms with Gasteiger partial charge in [-0.3, -0.25) is 4.79 Å². The summed E-state index contributed by atoms with van der Waals surface area (Å²) in [6.07, 6.45) is 5.16. The van der Waals surface area contributed by atoms with Gasteiger partial charge in [-0.1, -0.05) is 42.5 Å². The first-order valence-corrected chi connectivity index (χ1v) is 8.66. The fraction of sp³-hybridized carbons (Fsp3) is 0.529. The Kier molecular flexibility index (Phi) is 6.72. The van der Waals surface area contributed by atoms with Crippen molar-refractivity contribution in [2.24, 2.45) is 5.92 Å². The van der Waals surface area contributed by atoms with Crippen molar-refractivity contribution < 1.29 is 14.3 Å². The highest BCUT2D eigenvalue weighted by atomic mass is 35.5. The lowest BCUT2D eigenvalue weighted by Gasteiger charge is -2.22. The fourth-order valence-corrected chi connectivity index (χ4v) is 3.26. The third-order valence-corrected chi connectivity index (χ3v) is 4.48. The van der Waals surface area contributed by atoms with E-state index in [9.17, 15) is 9.59 Å². The van der Waals surface area contributed by atoms with Gasteiger partial charge in [-0.15, -0.1) is 0 Å². The van der Waals surface area contributed by atoms with E-state index >= 15 is 0 Å². The van der Waals surface area contributed by atoms with Gasteiger partial charge >= 0.3 is 5.97 Å². The van der Waals surface area contributed by atoms with E-state index in [4.69, 9.17) is 27.9 Å². The van der Waals surface area contributed by atoms with E-state index in [2.05, 4.69) is 5.32 Å². The molecule has 0 radical (unpaired) electrons. The number of ether oxygens (including phenoxy) is 1. The maximum atomic E-state index is 12.1. The van der Waals surface area contributed by atoms with Crippen LogP contribution in [0.5, 0.6) is 0 Å². The molecule has 0 aromatic heterocycles. The molecule has 23 heavy (non-hydrogen) atoms. The summed E-state index contributed by atoms with van der Waals surface area (Å²) in [5.41, 5.74) is 0.231. The van der Waals surface area contributed by atoms with E-state index in [0.29, 0.717) is 22.5 Å². The molecule has 1 fully saturated rings. The Morgan fingerprint density at radius 1 is 1.17 bits per heavy atom. The lowest BCUT2D eigenvalue weighted by atomic mass is 9.89. The molecule has 0 bridgehead atoms. The largest absolute Gasteiger partial charge is 0.449 e. The molecule has 1 N–H and O–H groups in total. The highest BCUT2D eigenvalue weighted by Crippen LogP contribution is 2.23. The molecule has 1 aliphatic carbocycles. The number of carbonyl (C=O) groups excluding carboxylic acids is 2. The molecule has 1 atom stereocenters. The minimum absolute atomic E-state index is 0.231. The number of esters is 1. The zero-order valence-electron chi connectivity index (χ0n) is 13.1. The molecular weight excluding hydrogens is 337 g/mol. The Bertz CT molecular complexity index is 551. The Labute approximate surface area is 146 Å². The lowest BCUT2D eigenvalue weighted by molar-refractivity contribution is -0.129. The molecule has 0 saturated heterocycles. The topological polar surface area (TPSA) is 55.4 Å². The van der Waals surface area contributed by atoms with Crippen molar-refractivity contribution in [1.82, 2.24) is 5.32 Å². The molecule has 126 valence electrons. The Balaban J connectivity index is 1.83. The number of hydrogen-bond donors (Lipinski definition) is 1. The normalized spacial score (nSPS) is 16.7. The summed E-state index contributed by atoms with van der Waals surface area (Å²) < 4.78 is 5.18. The summed E-state index contributed by atoms with van der Waals surface area (Å²) in [6, 6.07) is 4.45. The minimum atomic E-state index is -0.858. The van der Waals surface area contributed by atoms with Crippen LogP contribution in [-0.4, -0.2) is 24.5 Å². The van der Waals surface area contributed by atoms with Crippen LogP contribution in [-0.2, 0) is 9.53 Å². The predicted octanol–water partition coefficient (Wildman–Crippen LogP) is 4.24. The molecular formula is C17H21Cl2NO3. The molecule has 1 amide bonds. The second-order valence-electron chi connectivity index (χ2n) is 5.95. The summed E-state index contributed by atoms with van der Waals surface area (Å²) in [5, 5.41) is 3.56. The fourth-order valence-electron chi connectivity index (χ4n) is 2.73. The second-order valence-corrected chi connectivity index (χ2v) is 6.83. The van der Waals surface area contributed by atoms with Crippen LogP contribution in [0.25, 0.3) is 0 Å². The summed E-state index contributed by atoms with van der Waals surface area (Å²) in [5.74, 6) is -0.367. The standard InChI is InChI=1S/C17H21Cl2NO3/c1-11(16(21)20-10-12-5-3-2-4-6-12)23-17(22)13-7-14(18)9-15(19)8-13/h7-9,11-12H,2-6,10H2,1H3,(H,20,21)/t11-/m1/s1. The highest BCUT2D eigenvalue weighted by molar-refractivity contribution is 6.35. The smallest absolute Gasteiger partial charge is 0.339 e. The van der Waals surface area contributed by atoms with Crippen LogP contribution in [0.15, 0.2) is 18.2 Å². The third kappa shape index (κ3) is 5.70. The molecule has 4 nitrogen and oxygen atoms in total. The van der Waals surface area contributed by atoms with Gasteiger partial charge in [-0.25, -0.2) is 4.79 Å². The molecule has 1 aromatic rings. The average Bonchev–Trinajstić information content (AvgIpc) is 2.52. The van der Waals surface area contributed by atoms with Crippen molar-refractivity contribution in [1.29, 1.82) is 0 Å². The van der Waals surface area contributed by atoms with Gasteiger partial charge in [0.05, 0.1) is 5.56 Å². The predicted molar refractivity (Wildman–Crippen MR) is 90.9 cm³/mol. The number of amides is 1. The van der Waals surface area contributed by atoms with Gasteiger partial charge in [-0.05, 0) is 43.9 Å². The highest BCUT2D eigenvalue weighted by Gasteiger charge is 2.21. The van der Waals surface area contributed by atoms with Crippen molar-refractivity contribution in [3.63, 3.8) is 0 Å². The third-order valence-electron chi connectivity index (χ3n) is 4.04. The molecule has 2 rings (SSSR count). The maximum Gasteiger partial charge on any atom is 0.339 e. The van der Waals surface area contributed by atoms with E-state index in [1.54, 1.807) is 6.92 Å². The van der Waals surface area contributed by atoms with Crippen LogP contribution < -0.4 is 5.32 Å². The van der Waals surface area contributed by atoms with Crippen LogP contribution in [0.3, 0.4) is 0 Å². The molecule has 0 heterocycles. The van der Waals surface area contributed by atoms with Crippen molar-refractivity contribution >= 4 is 35.1 Å². The van der Waals surface area contributed by atoms with Gasteiger partial charge in [0.25, 0.3) is 5.91 Å². The van der Waals surface area contributed by atoms with Gasteiger partial charge in [0.2, 0.25) is 0 Å². The number of nitrogens with one attached hydrogen (secondary N) is 1. The number of halogens is 2. The second kappa shape index (κ2) is 8.55. The van der Waals surface area contributed by atoms with Crippen LogP contribution in [0.1, 0.15) is 49.4 Å². The number of rotatable bonds is 5. The van der Waals surface area contributed by atoms with Crippen LogP contribution in [0.2, 0.25) is 10.0 Å². The van der Waals surface area contributed by atoms with Crippen molar-refractivity contribution in [2.45, 2.75) is 45.1 Å². The summed E-state index contributed by atoms with van der Waals surface area (Å²) in [4.78, 5) is 24.1. The number of benzene rings is 1. The molecule has 1 aliphatic rings. The number of hydrogen-bond acceptors (Lipinski definition) is 3.